The summed E-state index contributed by atoms with van der Waals surface area (Å²) in [4.78, 5) is 28.2. The van der Waals surface area contributed by atoms with Gasteiger partial charge in [0.25, 0.3) is 5.91 Å². The van der Waals surface area contributed by atoms with Crippen molar-refractivity contribution in [3.63, 3.8) is 0 Å². The van der Waals surface area contributed by atoms with Gasteiger partial charge in [-0.3, -0.25) is 4.79 Å². The lowest BCUT2D eigenvalue weighted by Gasteiger charge is -2.37. The average Bonchev–Trinajstić information content (AvgIpc) is 3.23. The Hall–Kier alpha value is -3.70. The zero-order valence-corrected chi connectivity index (χ0v) is 21.2. The fourth-order valence-electron chi connectivity index (χ4n) is 5.25. The standard InChI is InChI=1S/C31H33NO4/c1-22(2)29-31(25-16-10-6-11-17-25,26-18-12-7-13-19-26)36-30(34)32(29)27(33)21-20-23(3)28(35-4)24-14-8-5-9-15-24/h5-23,28-29H,1-4H3/b21-20+/t23-,28+,29-/m0/s1. The second-order valence-corrected chi connectivity index (χ2v) is 9.52. The van der Waals surface area contributed by atoms with Gasteiger partial charge in [-0.15, -0.1) is 0 Å². The molecule has 1 fully saturated rings. The Morgan fingerprint density at radius 1 is 0.889 bits per heavy atom. The first kappa shape index (κ1) is 25.4. The quantitative estimate of drug-likeness (QED) is 0.343. The number of hydrogen-bond acceptors (Lipinski definition) is 4. The van der Waals surface area contributed by atoms with Crippen molar-refractivity contribution >= 4 is 12.0 Å². The molecule has 1 saturated heterocycles. The molecule has 1 heterocycles. The number of imide groups is 1. The molecule has 4 rings (SSSR count). The first-order chi connectivity index (χ1) is 17.4. The Bertz CT molecular complexity index is 1150. The van der Waals surface area contributed by atoms with Gasteiger partial charge < -0.3 is 9.47 Å². The van der Waals surface area contributed by atoms with E-state index in [1.807, 2.05) is 112 Å². The molecule has 0 aliphatic carbocycles. The largest absolute Gasteiger partial charge is 0.430 e. The predicted molar refractivity (Wildman–Crippen MR) is 140 cm³/mol. The fraction of sp³-hybridized carbons (Fsp3) is 0.290. The predicted octanol–water partition coefficient (Wildman–Crippen LogP) is 6.51. The van der Waals surface area contributed by atoms with E-state index in [4.69, 9.17) is 9.47 Å². The first-order valence-corrected chi connectivity index (χ1v) is 12.3. The van der Waals surface area contributed by atoms with Gasteiger partial charge in [0.1, 0.15) is 0 Å². The lowest BCUT2D eigenvalue weighted by molar-refractivity contribution is -0.125. The maximum Gasteiger partial charge on any atom is 0.418 e. The number of carbonyl (C=O) groups excluding carboxylic acids is 2. The maximum atomic E-state index is 13.6. The van der Waals surface area contributed by atoms with Gasteiger partial charge in [-0.25, -0.2) is 9.69 Å². The van der Waals surface area contributed by atoms with Gasteiger partial charge in [0, 0.05) is 30.2 Å². The summed E-state index contributed by atoms with van der Waals surface area (Å²) in [5.41, 5.74) is 1.58. The molecule has 0 aromatic heterocycles. The molecule has 186 valence electrons. The molecular weight excluding hydrogens is 450 g/mol. The van der Waals surface area contributed by atoms with Crippen molar-refractivity contribution in [1.82, 2.24) is 4.90 Å². The minimum Gasteiger partial charge on any atom is -0.430 e. The van der Waals surface area contributed by atoms with E-state index in [1.165, 1.54) is 11.0 Å². The van der Waals surface area contributed by atoms with Gasteiger partial charge in [0.05, 0.1) is 12.1 Å². The first-order valence-electron chi connectivity index (χ1n) is 12.3. The molecular formula is C31H33NO4. The number of hydrogen-bond donors (Lipinski definition) is 0. The van der Waals surface area contributed by atoms with E-state index < -0.39 is 23.6 Å². The number of benzene rings is 3. The molecule has 2 amide bonds. The maximum absolute atomic E-state index is 13.6. The number of carbonyl (C=O) groups is 2. The summed E-state index contributed by atoms with van der Waals surface area (Å²) in [5.74, 6) is -0.560. The molecule has 1 aliphatic heterocycles. The van der Waals surface area contributed by atoms with Crippen LogP contribution in [0.3, 0.4) is 0 Å². The van der Waals surface area contributed by atoms with Gasteiger partial charge in [-0.05, 0) is 11.5 Å². The lowest BCUT2D eigenvalue weighted by atomic mass is 9.75. The molecule has 0 radical (unpaired) electrons. The normalized spacial score (nSPS) is 18.9. The van der Waals surface area contributed by atoms with Crippen molar-refractivity contribution in [2.45, 2.75) is 38.5 Å². The Balaban J connectivity index is 1.70. The van der Waals surface area contributed by atoms with E-state index in [9.17, 15) is 9.59 Å². The topological polar surface area (TPSA) is 55.8 Å². The Morgan fingerprint density at radius 2 is 1.39 bits per heavy atom. The Morgan fingerprint density at radius 3 is 1.86 bits per heavy atom. The smallest absolute Gasteiger partial charge is 0.418 e. The van der Waals surface area contributed by atoms with Crippen LogP contribution in [0.5, 0.6) is 0 Å². The monoisotopic (exact) mass is 483 g/mol. The average molecular weight is 484 g/mol. The molecule has 1 aliphatic rings. The summed E-state index contributed by atoms with van der Waals surface area (Å²) >= 11 is 0. The van der Waals surface area contributed by atoms with Crippen molar-refractivity contribution in [2.75, 3.05) is 7.11 Å². The molecule has 3 aromatic rings. The zero-order valence-electron chi connectivity index (χ0n) is 21.2. The van der Waals surface area contributed by atoms with E-state index >= 15 is 0 Å². The van der Waals surface area contributed by atoms with Crippen LogP contribution in [0.15, 0.2) is 103 Å². The van der Waals surface area contributed by atoms with E-state index in [-0.39, 0.29) is 17.9 Å². The second-order valence-electron chi connectivity index (χ2n) is 9.52. The van der Waals surface area contributed by atoms with Crippen LogP contribution in [0, 0.1) is 11.8 Å². The number of methoxy groups -OCH3 is 1. The molecule has 5 nitrogen and oxygen atoms in total. The SMILES string of the molecule is CO[C@@H](c1ccccc1)[C@@H](C)/C=C/C(=O)N1C(=O)OC(c2ccccc2)(c2ccccc2)[C@@H]1C(C)C. The summed E-state index contributed by atoms with van der Waals surface area (Å²) < 4.78 is 11.9. The Kier molecular flexibility index (Phi) is 7.70. The van der Waals surface area contributed by atoms with Crippen molar-refractivity contribution < 1.29 is 19.1 Å². The van der Waals surface area contributed by atoms with Crippen LogP contribution in [0.4, 0.5) is 4.79 Å². The van der Waals surface area contributed by atoms with Crippen LogP contribution in [0.1, 0.15) is 43.6 Å². The molecule has 3 atom stereocenters. The third-order valence-electron chi connectivity index (χ3n) is 6.82. The van der Waals surface area contributed by atoms with Crippen molar-refractivity contribution in [3.8, 4) is 0 Å². The van der Waals surface area contributed by atoms with Crippen LogP contribution in [-0.2, 0) is 19.9 Å². The van der Waals surface area contributed by atoms with Gasteiger partial charge in [-0.1, -0.05) is 118 Å². The third kappa shape index (κ3) is 4.71. The molecule has 0 bridgehead atoms. The lowest BCUT2D eigenvalue weighted by Crippen LogP contribution is -2.49. The molecule has 0 spiro atoms. The molecule has 0 saturated carbocycles. The van der Waals surface area contributed by atoms with E-state index in [0.29, 0.717) is 0 Å². The molecule has 5 heteroatoms. The molecule has 0 unspecified atom stereocenters. The number of amides is 2. The fourth-order valence-corrected chi connectivity index (χ4v) is 5.25. The summed E-state index contributed by atoms with van der Waals surface area (Å²) in [6.45, 7) is 6.01. The number of nitrogens with zero attached hydrogens (tertiary/aromatic N) is 1. The summed E-state index contributed by atoms with van der Waals surface area (Å²) in [5, 5.41) is 0. The van der Waals surface area contributed by atoms with E-state index in [2.05, 4.69) is 0 Å². The second kappa shape index (κ2) is 10.9. The van der Waals surface area contributed by atoms with Crippen LogP contribution in [0.2, 0.25) is 0 Å². The van der Waals surface area contributed by atoms with Gasteiger partial charge >= 0.3 is 6.09 Å². The summed E-state index contributed by atoms with van der Waals surface area (Å²) in [7, 11) is 1.66. The highest BCUT2D eigenvalue weighted by Gasteiger charge is 2.59. The van der Waals surface area contributed by atoms with Gasteiger partial charge in [0.2, 0.25) is 0 Å². The van der Waals surface area contributed by atoms with Crippen LogP contribution in [0.25, 0.3) is 0 Å². The minimum absolute atomic E-state index is 0.0670. The van der Waals surface area contributed by atoms with Crippen LogP contribution >= 0.6 is 0 Å². The van der Waals surface area contributed by atoms with Gasteiger partial charge in [0.15, 0.2) is 5.60 Å². The summed E-state index contributed by atoms with van der Waals surface area (Å²) in [6.07, 6.45) is 2.42. The highest BCUT2D eigenvalue weighted by atomic mass is 16.6. The minimum atomic E-state index is -1.11. The summed E-state index contributed by atoms with van der Waals surface area (Å²) in [6, 6.07) is 28.7. The molecule has 36 heavy (non-hydrogen) atoms. The zero-order chi connectivity index (χ0) is 25.7. The van der Waals surface area contributed by atoms with Crippen LogP contribution in [-0.4, -0.2) is 30.1 Å². The third-order valence-corrected chi connectivity index (χ3v) is 6.82. The molecule has 0 N–H and O–H groups in total. The van der Waals surface area contributed by atoms with E-state index in [0.717, 1.165) is 16.7 Å². The van der Waals surface area contributed by atoms with Crippen molar-refractivity contribution in [3.05, 3.63) is 120 Å². The van der Waals surface area contributed by atoms with E-state index in [1.54, 1.807) is 13.2 Å². The number of cyclic esters (lactones) is 1. The highest BCUT2D eigenvalue weighted by Crippen LogP contribution is 2.47. The highest BCUT2D eigenvalue weighted by molar-refractivity contribution is 6.00. The Labute approximate surface area is 213 Å². The van der Waals surface area contributed by atoms with Crippen molar-refractivity contribution in [2.24, 2.45) is 11.8 Å². The number of ether oxygens (including phenoxy) is 2. The van der Waals surface area contributed by atoms with Gasteiger partial charge in [-0.2, -0.15) is 0 Å². The van der Waals surface area contributed by atoms with Crippen LogP contribution < -0.4 is 0 Å². The number of rotatable bonds is 8. The molecule has 3 aromatic carbocycles. The van der Waals surface area contributed by atoms with Crippen molar-refractivity contribution in [1.29, 1.82) is 0 Å².